The lowest BCUT2D eigenvalue weighted by Gasteiger charge is -2.29. The van der Waals surface area contributed by atoms with Gasteiger partial charge in [0, 0.05) is 14.1 Å². The van der Waals surface area contributed by atoms with Crippen molar-refractivity contribution in [2.75, 3.05) is 26.8 Å². The summed E-state index contributed by atoms with van der Waals surface area (Å²) in [5, 5.41) is 0.0275. The number of rotatable bonds is 5. The molecule has 0 radical (unpaired) electrons. The molecule has 0 spiro atoms. The average molecular weight is 427 g/mol. The van der Waals surface area contributed by atoms with Crippen LogP contribution in [-0.2, 0) is 16.6 Å². The predicted octanol–water partition coefficient (Wildman–Crippen LogP) is 1.29. The van der Waals surface area contributed by atoms with Crippen LogP contribution in [0.15, 0.2) is 39.8 Å². The number of esters is 1. The Bertz CT molecular complexity index is 1210. The molecule has 0 fully saturated rings. The molecule has 0 N–H and O–H groups in total. The van der Waals surface area contributed by atoms with Gasteiger partial charge in [-0.15, -0.1) is 0 Å². The zero-order valence-corrected chi connectivity index (χ0v) is 17.3. The first kappa shape index (κ1) is 20.5. The normalized spacial score (nSPS) is 15.0. The SMILES string of the molecule is Cc1oc2ncn(C)c(=O)c2c1C(=O)OCC(=O)N(C)CC1COc2ccccc2O1. The third-order valence-corrected chi connectivity index (χ3v) is 4.95. The van der Waals surface area contributed by atoms with Crippen molar-refractivity contribution in [3.63, 3.8) is 0 Å². The highest BCUT2D eigenvalue weighted by atomic mass is 16.6. The Morgan fingerprint density at radius 1 is 1.29 bits per heavy atom. The third kappa shape index (κ3) is 3.96. The fourth-order valence-electron chi connectivity index (χ4n) is 3.30. The highest BCUT2D eigenvalue weighted by Gasteiger charge is 2.26. The van der Waals surface area contributed by atoms with Gasteiger partial charge >= 0.3 is 5.97 Å². The van der Waals surface area contributed by atoms with E-state index in [0.717, 1.165) is 0 Å². The molecule has 10 nitrogen and oxygen atoms in total. The topological polar surface area (TPSA) is 113 Å². The second-order valence-electron chi connectivity index (χ2n) is 7.22. The standard InChI is InChI=1S/C21H21N3O7/c1-12-17(18-19(30-12)22-11-24(3)20(18)26)21(27)29-10-16(25)23(2)8-13-9-28-14-6-4-5-7-15(14)31-13/h4-7,11,13H,8-10H2,1-3H3. The molecule has 1 aliphatic rings. The van der Waals surface area contributed by atoms with Crippen LogP contribution in [0.1, 0.15) is 16.1 Å². The van der Waals surface area contributed by atoms with Gasteiger partial charge in [0.1, 0.15) is 29.6 Å². The molecule has 1 aliphatic heterocycles. The van der Waals surface area contributed by atoms with E-state index in [1.807, 2.05) is 18.2 Å². The van der Waals surface area contributed by atoms with Crippen molar-refractivity contribution >= 4 is 23.0 Å². The average Bonchev–Trinajstić information content (AvgIpc) is 3.11. The van der Waals surface area contributed by atoms with Crippen molar-refractivity contribution in [1.82, 2.24) is 14.5 Å². The quantitative estimate of drug-likeness (QED) is 0.560. The van der Waals surface area contributed by atoms with Crippen LogP contribution in [0.3, 0.4) is 0 Å². The Morgan fingerprint density at radius 2 is 2.03 bits per heavy atom. The minimum Gasteiger partial charge on any atom is -0.486 e. The van der Waals surface area contributed by atoms with Gasteiger partial charge < -0.3 is 28.1 Å². The van der Waals surface area contributed by atoms with E-state index in [4.69, 9.17) is 18.6 Å². The maximum atomic E-state index is 12.6. The van der Waals surface area contributed by atoms with E-state index in [0.29, 0.717) is 18.1 Å². The number of hydrogen-bond donors (Lipinski definition) is 0. The lowest BCUT2D eigenvalue weighted by molar-refractivity contribution is -0.134. The summed E-state index contributed by atoms with van der Waals surface area (Å²) in [5.74, 6) is 0.220. The van der Waals surface area contributed by atoms with Crippen LogP contribution in [0, 0.1) is 6.92 Å². The van der Waals surface area contributed by atoms with E-state index >= 15 is 0 Å². The Labute approximate surface area is 176 Å². The van der Waals surface area contributed by atoms with Crippen LogP contribution >= 0.6 is 0 Å². The minimum atomic E-state index is -0.825. The molecule has 0 bridgehead atoms. The summed E-state index contributed by atoms with van der Waals surface area (Å²) in [6.07, 6.45) is 0.949. The van der Waals surface area contributed by atoms with Crippen molar-refractivity contribution in [2.45, 2.75) is 13.0 Å². The van der Waals surface area contributed by atoms with Gasteiger partial charge in [-0.25, -0.2) is 9.78 Å². The number of aryl methyl sites for hydroxylation is 2. The van der Waals surface area contributed by atoms with Crippen molar-refractivity contribution in [1.29, 1.82) is 0 Å². The monoisotopic (exact) mass is 427 g/mol. The molecule has 1 atom stereocenters. The van der Waals surface area contributed by atoms with E-state index in [9.17, 15) is 14.4 Å². The van der Waals surface area contributed by atoms with Crippen LogP contribution in [0.4, 0.5) is 0 Å². The smallest absolute Gasteiger partial charge is 0.343 e. The van der Waals surface area contributed by atoms with E-state index < -0.39 is 24.0 Å². The number of aromatic nitrogens is 2. The van der Waals surface area contributed by atoms with Crippen molar-refractivity contribution < 1.29 is 28.2 Å². The van der Waals surface area contributed by atoms with Crippen LogP contribution in [0.25, 0.3) is 11.1 Å². The molecule has 4 rings (SSSR count). The molecule has 31 heavy (non-hydrogen) atoms. The van der Waals surface area contributed by atoms with Gasteiger partial charge in [0.2, 0.25) is 5.71 Å². The maximum Gasteiger partial charge on any atom is 0.343 e. The van der Waals surface area contributed by atoms with Crippen LogP contribution in [0.5, 0.6) is 11.5 Å². The van der Waals surface area contributed by atoms with Gasteiger partial charge in [0.15, 0.2) is 24.2 Å². The minimum absolute atomic E-state index is 0.0275. The summed E-state index contributed by atoms with van der Waals surface area (Å²) < 4.78 is 23.3. The van der Waals surface area contributed by atoms with E-state index in [-0.39, 0.29) is 35.1 Å². The first-order chi connectivity index (χ1) is 14.8. The molecular weight excluding hydrogens is 406 g/mol. The van der Waals surface area contributed by atoms with E-state index in [2.05, 4.69) is 4.98 Å². The molecule has 0 aliphatic carbocycles. The summed E-state index contributed by atoms with van der Waals surface area (Å²) >= 11 is 0. The summed E-state index contributed by atoms with van der Waals surface area (Å²) in [6.45, 7) is 1.59. The van der Waals surface area contributed by atoms with Gasteiger partial charge in [-0.05, 0) is 19.1 Å². The maximum absolute atomic E-state index is 12.6. The largest absolute Gasteiger partial charge is 0.486 e. The van der Waals surface area contributed by atoms with Gasteiger partial charge in [0.05, 0.1) is 6.54 Å². The summed E-state index contributed by atoms with van der Waals surface area (Å²) in [7, 11) is 3.10. The Morgan fingerprint density at radius 3 is 2.81 bits per heavy atom. The molecular formula is C21H21N3O7. The molecule has 3 heterocycles. The van der Waals surface area contributed by atoms with Crippen molar-refractivity contribution in [3.05, 3.63) is 52.3 Å². The van der Waals surface area contributed by atoms with Crippen molar-refractivity contribution in [2.24, 2.45) is 7.05 Å². The molecule has 1 amide bonds. The highest BCUT2D eigenvalue weighted by Crippen LogP contribution is 2.31. The molecule has 1 aromatic carbocycles. The summed E-state index contributed by atoms with van der Waals surface area (Å²) in [6, 6.07) is 7.29. The summed E-state index contributed by atoms with van der Waals surface area (Å²) in [5.41, 5.74) is -0.419. The second kappa shape index (κ2) is 8.13. The van der Waals surface area contributed by atoms with Crippen LogP contribution < -0.4 is 15.0 Å². The number of furan rings is 1. The van der Waals surface area contributed by atoms with Crippen LogP contribution in [-0.4, -0.2) is 59.2 Å². The zero-order chi connectivity index (χ0) is 22.1. The molecule has 3 aromatic rings. The predicted molar refractivity (Wildman–Crippen MR) is 108 cm³/mol. The zero-order valence-electron chi connectivity index (χ0n) is 17.3. The fourth-order valence-corrected chi connectivity index (χ4v) is 3.30. The third-order valence-electron chi connectivity index (χ3n) is 4.95. The molecule has 0 saturated heterocycles. The fraction of sp³-hybridized carbons (Fsp3) is 0.333. The van der Waals surface area contributed by atoms with Gasteiger partial charge in [-0.1, -0.05) is 12.1 Å². The van der Waals surface area contributed by atoms with Crippen molar-refractivity contribution in [3.8, 4) is 11.5 Å². The lowest BCUT2D eigenvalue weighted by Crippen LogP contribution is -2.43. The number of carbonyl (C=O) groups is 2. The van der Waals surface area contributed by atoms with E-state index in [1.54, 1.807) is 13.1 Å². The Hall–Kier alpha value is -3.82. The van der Waals surface area contributed by atoms with Gasteiger partial charge in [-0.2, -0.15) is 0 Å². The van der Waals surface area contributed by atoms with Gasteiger partial charge in [-0.3, -0.25) is 9.59 Å². The number of benzene rings is 1. The highest BCUT2D eigenvalue weighted by molar-refractivity contribution is 6.03. The molecule has 10 heteroatoms. The number of ether oxygens (including phenoxy) is 3. The second-order valence-corrected chi connectivity index (χ2v) is 7.22. The molecule has 0 saturated carbocycles. The number of amides is 1. The number of nitrogens with zero attached hydrogens (tertiary/aromatic N) is 3. The number of carbonyl (C=O) groups excluding carboxylic acids is 2. The van der Waals surface area contributed by atoms with Gasteiger partial charge in [0.25, 0.3) is 11.5 Å². The van der Waals surface area contributed by atoms with Crippen LogP contribution in [0.2, 0.25) is 0 Å². The Balaban J connectivity index is 1.38. The number of para-hydroxylation sites is 2. The molecule has 1 unspecified atom stereocenters. The number of hydrogen-bond acceptors (Lipinski definition) is 8. The Kier molecular flexibility index (Phi) is 5.37. The molecule has 2 aromatic heterocycles. The summed E-state index contributed by atoms with van der Waals surface area (Å²) in [4.78, 5) is 42.8. The number of likely N-dealkylation sites (N-methyl/N-ethyl adjacent to an activating group) is 1. The lowest BCUT2D eigenvalue weighted by atomic mass is 10.2. The first-order valence-electron chi connectivity index (χ1n) is 9.59. The first-order valence-corrected chi connectivity index (χ1v) is 9.59. The number of fused-ring (bicyclic) bond motifs is 2. The van der Waals surface area contributed by atoms with E-state index in [1.165, 1.54) is 29.8 Å². The molecule has 162 valence electrons.